The van der Waals surface area contributed by atoms with E-state index in [2.05, 4.69) is 228 Å². The fourth-order valence-corrected chi connectivity index (χ4v) is 13.0. The van der Waals surface area contributed by atoms with Gasteiger partial charge in [0.2, 0.25) is 0 Å². The molecule has 0 saturated carbocycles. The highest BCUT2D eigenvalue weighted by Crippen LogP contribution is 2.45. The standard InChI is InChI=1S/C78H60N6/c1-46-27-47(2)32-60(31-46)56-19-23-70-66(39-56)67-40-57(61-33-48(3)28-49(4)34-61)20-24-71(67)83(70)74-43-64(45-79)65(78-81-76(54-15-11-9-12-16-54)80-77(82-78)55-17-13-10-14-18-55)44-75(74)84-72-25-21-58(62-35-50(5)29-51(6)36-62)41-68(72)69-42-59(22-26-73(69)84)63-37-52(7)30-53(8)38-63/h9-44H,1-8H3. The van der Waals surface area contributed by atoms with Crippen LogP contribution in [0.15, 0.2) is 218 Å². The molecule has 0 radical (unpaired) electrons. The minimum Gasteiger partial charge on any atom is -0.307 e. The van der Waals surface area contributed by atoms with Gasteiger partial charge in [-0.15, -0.1) is 0 Å². The molecule has 0 fully saturated rings. The lowest BCUT2D eigenvalue weighted by molar-refractivity contribution is 1.06. The van der Waals surface area contributed by atoms with Crippen LogP contribution in [-0.2, 0) is 0 Å². The monoisotopic (exact) mass is 1080 g/mol. The fraction of sp³-hybridized carbons (Fsp3) is 0.103. The second-order valence-electron chi connectivity index (χ2n) is 23.1. The molecule has 402 valence electrons. The van der Waals surface area contributed by atoms with Gasteiger partial charge in [0.25, 0.3) is 0 Å². The first-order chi connectivity index (χ1) is 40.8. The molecule has 6 heteroatoms. The highest BCUT2D eigenvalue weighted by Gasteiger charge is 2.26. The Morgan fingerprint density at radius 1 is 0.274 bits per heavy atom. The van der Waals surface area contributed by atoms with Crippen molar-refractivity contribution in [1.29, 1.82) is 5.26 Å². The Morgan fingerprint density at radius 2 is 0.560 bits per heavy atom. The molecule has 0 N–H and O–H groups in total. The molecule has 11 aromatic carbocycles. The number of nitriles is 1. The average Bonchev–Trinajstić information content (AvgIpc) is 2.13. The zero-order chi connectivity index (χ0) is 57.5. The quantitative estimate of drug-likeness (QED) is 0.144. The summed E-state index contributed by atoms with van der Waals surface area (Å²) in [6, 6.07) is 81.7. The second-order valence-corrected chi connectivity index (χ2v) is 23.1. The van der Waals surface area contributed by atoms with Crippen molar-refractivity contribution in [1.82, 2.24) is 24.1 Å². The number of fused-ring (bicyclic) bond motifs is 6. The summed E-state index contributed by atoms with van der Waals surface area (Å²) in [5.74, 6) is 1.44. The Hall–Kier alpha value is -10.5. The third-order valence-corrected chi connectivity index (χ3v) is 16.4. The van der Waals surface area contributed by atoms with Gasteiger partial charge in [0.05, 0.1) is 45.1 Å². The van der Waals surface area contributed by atoms with Crippen molar-refractivity contribution in [3.8, 4) is 96.1 Å². The van der Waals surface area contributed by atoms with E-state index in [0.717, 1.165) is 88.4 Å². The fourth-order valence-electron chi connectivity index (χ4n) is 13.0. The van der Waals surface area contributed by atoms with Gasteiger partial charge < -0.3 is 9.13 Å². The summed E-state index contributed by atoms with van der Waals surface area (Å²) < 4.78 is 4.79. The first kappa shape index (κ1) is 51.7. The average molecular weight is 1080 g/mol. The van der Waals surface area contributed by atoms with Crippen LogP contribution in [0.1, 0.15) is 50.1 Å². The zero-order valence-electron chi connectivity index (χ0n) is 48.5. The Balaban J connectivity index is 1.12. The van der Waals surface area contributed by atoms with Crippen LogP contribution in [0.2, 0.25) is 0 Å². The van der Waals surface area contributed by atoms with Gasteiger partial charge in [0.15, 0.2) is 17.5 Å². The van der Waals surface area contributed by atoms with Crippen LogP contribution in [0, 0.1) is 66.7 Å². The molecule has 0 atom stereocenters. The molecule has 0 spiro atoms. The second kappa shape index (κ2) is 20.5. The first-order valence-corrected chi connectivity index (χ1v) is 28.8. The van der Waals surface area contributed by atoms with Gasteiger partial charge in [0.1, 0.15) is 0 Å². The predicted molar refractivity (Wildman–Crippen MR) is 349 cm³/mol. The normalized spacial score (nSPS) is 11.6. The number of aromatic nitrogens is 5. The van der Waals surface area contributed by atoms with Crippen molar-refractivity contribution in [3.05, 3.63) is 268 Å². The van der Waals surface area contributed by atoms with E-state index in [9.17, 15) is 5.26 Å². The van der Waals surface area contributed by atoms with Crippen molar-refractivity contribution in [3.63, 3.8) is 0 Å². The lowest BCUT2D eigenvalue weighted by Gasteiger charge is -2.20. The van der Waals surface area contributed by atoms with E-state index in [1.807, 2.05) is 60.7 Å². The molecule has 0 aliphatic heterocycles. The van der Waals surface area contributed by atoms with Crippen molar-refractivity contribution >= 4 is 43.6 Å². The van der Waals surface area contributed by atoms with Crippen molar-refractivity contribution in [2.75, 3.05) is 0 Å². The zero-order valence-corrected chi connectivity index (χ0v) is 48.5. The van der Waals surface area contributed by atoms with Gasteiger partial charge in [0, 0.05) is 38.2 Å². The predicted octanol–water partition coefficient (Wildman–Crippen LogP) is 20.1. The van der Waals surface area contributed by atoms with Crippen LogP contribution < -0.4 is 0 Å². The van der Waals surface area contributed by atoms with Crippen LogP contribution in [0.4, 0.5) is 0 Å². The van der Waals surface area contributed by atoms with Crippen LogP contribution in [0.25, 0.3) is 134 Å². The molecule has 3 aromatic heterocycles. The summed E-state index contributed by atoms with van der Waals surface area (Å²) in [6.45, 7) is 17.3. The molecule has 14 aromatic rings. The summed E-state index contributed by atoms with van der Waals surface area (Å²) in [5, 5.41) is 16.1. The Bertz CT molecular complexity index is 4700. The topological polar surface area (TPSA) is 72.3 Å². The highest BCUT2D eigenvalue weighted by molar-refractivity contribution is 6.14. The molecule has 0 unspecified atom stereocenters. The summed E-state index contributed by atoms with van der Waals surface area (Å²) in [7, 11) is 0. The lowest BCUT2D eigenvalue weighted by atomic mass is 9.97. The van der Waals surface area contributed by atoms with Gasteiger partial charge in [-0.3, -0.25) is 0 Å². The molecule has 6 nitrogen and oxygen atoms in total. The molecule has 14 rings (SSSR count). The van der Waals surface area contributed by atoms with E-state index < -0.39 is 0 Å². The van der Waals surface area contributed by atoms with E-state index in [0.29, 0.717) is 28.6 Å². The molecule has 0 aliphatic carbocycles. The van der Waals surface area contributed by atoms with E-state index in [1.54, 1.807) is 0 Å². The third-order valence-electron chi connectivity index (χ3n) is 16.4. The van der Waals surface area contributed by atoms with Gasteiger partial charge in [-0.05, 0) is 161 Å². The van der Waals surface area contributed by atoms with E-state index in [1.165, 1.54) is 66.8 Å². The van der Waals surface area contributed by atoms with Gasteiger partial charge in [-0.25, -0.2) is 15.0 Å². The summed E-state index contributed by atoms with van der Waals surface area (Å²) >= 11 is 0. The SMILES string of the molecule is Cc1cc(C)cc(-c2ccc3c(c2)c2cc(-c4cc(C)cc(C)c4)ccc2n3-c2cc(C#N)c(-c3nc(-c4ccccc4)nc(-c4ccccc4)n3)cc2-n2c3ccc(-c4cc(C)cc(C)c4)cc3c3cc(-c4cc(C)cc(C)c4)ccc32)c1. The minimum atomic E-state index is 0.403. The number of rotatable bonds is 9. The summed E-state index contributed by atoms with van der Waals surface area (Å²) in [4.78, 5) is 15.6. The van der Waals surface area contributed by atoms with Crippen molar-refractivity contribution in [2.45, 2.75) is 55.4 Å². The number of hydrogen-bond acceptors (Lipinski definition) is 4. The first-order valence-electron chi connectivity index (χ1n) is 28.8. The lowest BCUT2D eigenvalue weighted by Crippen LogP contribution is -2.07. The maximum atomic E-state index is 11.7. The molecule has 0 amide bonds. The van der Waals surface area contributed by atoms with E-state index in [-0.39, 0.29) is 0 Å². The number of benzene rings is 11. The molecule has 0 saturated heterocycles. The molecule has 0 aliphatic rings. The Kier molecular flexibility index (Phi) is 12.6. The van der Waals surface area contributed by atoms with Crippen LogP contribution >= 0.6 is 0 Å². The van der Waals surface area contributed by atoms with Gasteiger partial charge in [-0.1, -0.05) is 202 Å². The molecule has 0 bridgehead atoms. The number of hydrogen-bond donors (Lipinski definition) is 0. The Labute approximate surface area is 490 Å². The maximum Gasteiger partial charge on any atom is 0.165 e. The van der Waals surface area contributed by atoms with Gasteiger partial charge in [-0.2, -0.15) is 5.26 Å². The van der Waals surface area contributed by atoms with Crippen LogP contribution in [0.3, 0.4) is 0 Å². The molecular weight excluding hydrogens is 1020 g/mol. The van der Waals surface area contributed by atoms with Crippen LogP contribution in [0.5, 0.6) is 0 Å². The highest BCUT2D eigenvalue weighted by atomic mass is 15.1. The minimum absolute atomic E-state index is 0.403. The van der Waals surface area contributed by atoms with Crippen molar-refractivity contribution in [2.24, 2.45) is 0 Å². The smallest absolute Gasteiger partial charge is 0.165 e. The molecule has 84 heavy (non-hydrogen) atoms. The Morgan fingerprint density at radius 3 is 0.857 bits per heavy atom. The van der Waals surface area contributed by atoms with Crippen LogP contribution in [-0.4, -0.2) is 24.1 Å². The molecule has 3 heterocycles. The summed E-state index contributed by atoms with van der Waals surface area (Å²) in [6.07, 6.45) is 0. The number of aryl methyl sites for hydroxylation is 8. The largest absolute Gasteiger partial charge is 0.307 e. The van der Waals surface area contributed by atoms with E-state index >= 15 is 0 Å². The van der Waals surface area contributed by atoms with Gasteiger partial charge >= 0.3 is 0 Å². The van der Waals surface area contributed by atoms with E-state index in [4.69, 9.17) is 15.0 Å². The number of nitrogens with zero attached hydrogens (tertiary/aromatic N) is 6. The third kappa shape index (κ3) is 9.30. The van der Waals surface area contributed by atoms with Crippen molar-refractivity contribution < 1.29 is 0 Å². The maximum absolute atomic E-state index is 11.7. The summed E-state index contributed by atoms with van der Waals surface area (Å²) in [5.41, 5.74) is 27.5. The molecular formula is C78H60N6.